The van der Waals surface area contributed by atoms with Gasteiger partial charge in [0, 0.05) is 38.5 Å². The van der Waals surface area contributed by atoms with E-state index in [-0.39, 0.29) is 39.6 Å². The maximum atomic E-state index is 15.6. The second kappa shape index (κ2) is 10.3. The number of carbonyl (C=O) groups excluding carboxylic acids is 1. The van der Waals surface area contributed by atoms with Gasteiger partial charge < -0.3 is 24.0 Å². The molecule has 0 bridgehead atoms. The molecule has 0 unspecified atom stereocenters. The summed E-state index contributed by atoms with van der Waals surface area (Å²) in [5.74, 6) is 0.305. The number of alkyl halides is 1. The number of anilines is 1. The molecule has 0 radical (unpaired) electrons. The average Bonchev–Trinajstić information content (AvgIpc) is 3.31. The van der Waals surface area contributed by atoms with Gasteiger partial charge in [-0.05, 0) is 56.1 Å². The quantitative estimate of drug-likeness (QED) is 0.411. The minimum absolute atomic E-state index is 0.0287. The molecule has 0 aliphatic carbocycles. The van der Waals surface area contributed by atoms with Gasteiger partial charge >= 0.3 is 12.1 Å². The number of halogens is 4. The second-order valence-corrected chi connectivity index (χ2v) is 13.4. The zero-order chi connectivity index (χ0) is 28.4. The molecule has 0 spiro atoms. The summed E-state index contributed by atoms with van der Waals surface area (Å²) in [6.07, 6.45) is 0.997. The zero-order valence-corrected chi connectivity index (χ0v) is 25.2. The van der Waals surface area contributed by atoms with Crippen molar-refractivity contribution >= 4 is 50.3 Å². The fourth-order valence-electron chi connectivity index (χ4n) is 6.30. The number of nitrogens with zero attached hydrogens (tertiary/aromatic N) is 5. The Kier molecular flexibility index (Phi) is 7.18. The minimum atomic E-state index is -0.889. The van der Waals surface area contributed by atoms with Crippen molar-refractivity contribution in [3.63, 3.8) is 0 Å². The lowest BCUT2D eigenvalue weighted by molar-refractivity contribution is 0.0000148. The Bertz CT molecular complexity index is 1340. The predicted molar refractivity (Wildman–Crippen MR) is 150 cm³/mol. The third-order valence-corrected chi connectivity index (χ3v) is 9.45. The largest absolute Gasteiger partial charge is 0.489 e. The van der Waals surface area contributed by atoms with Crippen LogP contribution in [0, 0.1) is 11.7 Å². The van der Waals surface area contributed by atoms with Crippen LogP contribution < -0.4 is 14.4 Å². The predicted octanol–water partition coefficient (Wildman–Crippen LogP) is 5.21. The maximum absolute atomic E-state index is 15.6. The minimum Gasteiger partial charge on any atom is -0.489 e. The Balaban J connectivity index is 1.29. The van der Waals surface area contributed by atoms with E-state index in [1.165, 1.54) is 0 Å². The molecular formula is C27H33BrClF2N5O4. The van der Waals surface area contributed by atoms with Crippen molar-refractivity contribution in [3.8, 4) is 11.8 Å². The number of likely N-dealkylation sites (tertiary alicyclic amines) is 1. The molecule has 2 atom stereocenters. The highest BCUT2D eigenvalue weighted by molar-refractivity contribution is 9.10. The summed E-state index contributed by atoms with van der Waals surface area (Å²) in [6, 6.07) is 0.0287. The summed E-state index contributed by atoms with van der Waals surface area (Å²) in [4.78, 5) is 27.4. The van der Waals surface area contributed by atoms with Crippen LogP contribution in [0.4, 0.5) is 19.4 Å². The zero-order valence-electron chi connectivity index (χ0n) is 22.8. The monoisotopic (exact) mass is 643 g/mol. The summed E-state index contributed by atoms with van der Waals surface area (Å²) in [5, 5.41) is 0.495. The van der Waals surface area contributed by atoms with E-state index >= 15 is 4.39 Å². The second-order valence-electron chi connectivity index (χ2n) is 12.2. The molecule has 4 aliphatic heterocycles. The fraction of sp³-hybridized carbons (Fsp3) is 0.667. The van der Waals surface area contributed by atoms with Gasteiger partial charge in [0.25, 0.3) is 0 Å². The standard InChI is InChI=1S/C27H33BrClF2N5O4/c1-26(2,3)40-25(37)35-11-15(12-35)10-34-7-8-38-22-17-21(20(31)18(28)19(22)29)32-24(33-23(17)34)39-14-27-5-4-6-36(27)13-16(30)9-27/h15-16H,4-14H2,1-3H3/t16-,27+/m1/s1. The number of rotatable bonds is 5. The highest BCUT2D eigenvalue weighted by Crippen LogP contribution is 2.47. The SMILES string of the molecule is CC(C)(C)OC(=O)N1CC(CN2CCOc3c(Cl)c(Br)c(F)c4nc(OC[C@@]56CCCN5C[C@H](F)C6)nc2c34)C1. The Morgan fingerprint density at radius 1 is 1.25 bits per heavy atom. The van der Waals surface area contributed by atoms with Gasteiger partial charge in [-0.15, -0.1) is 0 Å². The van der Waals surface area contributed by atoms with Gasteiger partial charge in [0.1, 0.15) is 41.3 Å². The number of hydrogen-bond acceptors (Lipinski definition) is 8. The van der Waals surface area contributed by atoms with Crippen LogP contribution in [0.3, 0.4) is 0 Å². The van der Waals surface area contributed by atoms with Gasteiger partial charge in [-0.1, -0.05) is 11.6 Å². The Hall–Kier alpha value is -2.18. The van der Waals surface area contributed by atoms with Gasteiger partial charge in [0.15, 0.2) is 11.6 Å². The number of benzene rings is 1. The van der Waals surface area contributed by atoms with Crippen LogP contribution in [0.2, 0.25) is 5.02 Å². The molecule has 9 nitrogen and oxygen atoms in total. The first-order chi connectivity index (χ1) is 18.9. The lowest BCUT2D eigenvalue weighted by Crippen LogP contribution is -2.55. The van der Waals surface area contributed by atoms with Crippen LogP contribution in [-0.2, 0) is 4.74 Å². The van der Waals surface area contributed by atoms with E-state index in [1.54, 1.807) is 4.90 Å². The molecule has 3 saturated heterocycles. The topological polar surface area (TPSA) is 80.3 Å². The van der Waals surface area contributed by atoms with Crippen molar-refractivity contribution in [3.05, 3.63) is 15.3 Å². The summed E-state index contributed by atoms with van der Waals surface area (Å²) in [6.45, 7) is 9.40. The number of hydrogen-bond donors (Lipinski definition) is 0. The Labute approximate surface area is 245 Å². The molecule has 1 amide bonds. The Morgan fingerprint density at radius 3 is 2.77 bits per heavy atom. The first-order valence-electron chi connectivity index (χ1n) is 13.7. The van der Waals surface area contributed by atoms with Crippen molar-refractivity contribution in [1.29, 1.82) is 0 Å². The van der Waals surface area contributed by atoms with E-state index in [2.05, 4.69) is 25.8 Å². The van der Waals surface area contributed by atoms with Crippen LogP contribution in [0.1, 0.15) is 40.0 Å². The van der Waals surface area contributed by atoms with Gasteiger partial charge in [0.2, 0.25) is 0 Å². The molecule has 3 fully saturated rings. The molecule has 1 aromatic heterocycles. The van der Waals surface area contributed by atoms with E-state index in [0.717, 1.165) is 19.4 Å². The van der Waals surface area contributed by atoms with Crippen molar-refractivity contribution in [1.82, 2.24) is 19.8 Å². The first-order valence-corrected chi connectivity index (χ1v) is 14.9. The Morgan fingerprint density at radius 2 is 2.02 bits per heavy atom. The van der Waals surface area contributed by atoms with Crippen LogP contribution in [0.5, 0.6) is 11.8 Å². The summed E-state index contributed by atoms with van der Waals surface area (Å²) >= 11 is 9.74. The average molecular weight is 645 g/mol. The molecule has 6 rings (SSSR count). The van der Waals surface area contributed by atoms with E-state index in [4.69, 9.17) is 30.8 Å². The highest BCUT2D eigenvalue weighted by atomic mass is 79.9. The number of carbonyl (C=O) groups is 1. The molecule has 4 aliphatic rings. The highest BCUT2D eigenvalue weighted by Gasteiger charge is 2.49. The summed E-state index contributed by atoms with van der Waals surface area (Å²) in [7, 11) is 0. The maximum Gasteiger partial charge on any atom is 0.410 e. The first kappa shape index (κ1) is 28.0. The molecule has 1 aromatic carbocycles. The van der Waals surface area contributed by atoms with Gasteiger partial charge in [-0.25, -0.2) is 13.6 Å². The third kappa shape index (κ3) is 5.04. The molecule has 218 valence electrons. The molecule has 13 heteroatoms. The van der Waals surface area contributed by atoms with E-state index in [0.29, 0.717) is 62.7 Å². The third-order valence-electron chi connectivity index (χ3n) is 8.11. The van der Waals surface area contributed by atoms with E-state index in [1.807, 2.05) is 25.7 Å². The number of ether oxygens (including phenoxy) is 3. The van der Waals surface area contributed by atoms with Crippen molar-refractivity contribution < 1.29 is 27.8 Å². The number of fused-ring (bicyclic) bond motifs is 1. The molecule has 5 heterocycles. The fourth-order valence-corrected chi connectivity index (χ4v) is 6.90. The van der Waals surface area contributed by atoms with Gasteiger partial charge in [-0.2, -0.15) is 9.97 Å². The van der Waals surface area contributed by atoms with Crippen LogP contribution in [-0.4, -0.2) is 95.7 Å². The van der Waals surface area contributed by atoms with Crippen LogP contribution in [0.25, 0.3) is 10.9 Å². The lowest BCUT2D eigenvalue weighted by atomic mass is 9.95. The normalized spacial score (nSPS) is 25.0. The van der Waals surface area contributed by atoms with Crippen LogP contribution >= 0.6 is 27.5 Å². The molecule has 2 aromatic rings. The molecule has 0 saturated carbocycles. The van der Waals surface area contributed by atoms with E-state index < -0.39 is 23.1 Å². The lowest BCUT2D eigenvalue weighted by Gasteiger charge is -2.42. The molecule has 0 N–H and O–H groups in total. The molecule has 40 heavy (non-hydrogen) atoms. The van der Waals surface area contributed by atoms with Gasteiger partial charge in [-0.3, -0.25) is 4.90 Å². The number of amides is 1. The van der Waals surface area contributed by atoms with Crippen molar-refractivity contribution in [2.24, 2.45) is 5.92 Å². The number of aromatic nitrogens is 2. The summed E-state index contributed by atoms with van der Waals surface area (Å²) in [5.41, 5.74) is -0.916. The van der Waals surface area contributed by atoms with Crippen molar-refractivity contribution in [2.75, 3.05) is 57.4 Å². The van der Waals surface area contributed by atoms with Crippen LogP contribution in [0.15, 0.2) is 4.47 Å². The van der Waals surface area contributed by atoms with Gasteiger partial charge in [0.05, 0.1) is 21.9 Å². The van der Waals surface area contributed by atoms with E-state index in [9.17, 15) is 9.18 Å². The summed E-state index contributed by atoms with van der Waals surface area (Å²) < 4.78 is 47.5. The van der Waals surface area contributed by atoms with Crippen molar-refractivity contribution in [2.45, 2.75) is 57.3 Å². The smallest absolute Gasteiger partial charge is 0.410 e. The molecular weight excluding hydrogens is 612 g/mol.